The Hall–Kier alpha value is -0.980. The van der Waals surface area contributed by atoms with Crippen LogP contribution in [0.4, 0.5) is 0 Å². The van der Waals surface area contributed by atoms with Crippen molar-refractivity contribution in [2.24, 2.45) is 0 Å². The fourth-order valence-corrected chi connectivity index (χ4v) is 3.73. The maximum atomic E-state index is 8.95. The molecule has 1 atom stereocenters. The second kappa shape index (κ2) is 6.45. The zero-order valence-electron chi connectivity index (χ0n) is 11.8. The van der Waals surface area contributed by atoms with Crippen molar-refractivity contribution in [1.82, 2.24) is 5.32 Å². The van der Waals surface area contributed by atoms with Crippen molar-refractivity contribution in [3.63, 3.8) is 0 Å². The van der Waals surface area contributed by atoms with Crippen molar-refractivity contribution < 1.29 is 0 Å². The topological polar surface area (TPSA) is 35.8 Å². The van der Waals surface area contributed by atoms with Crippen LogP contribution < -0.4 is 5.32 Å². The monoisotopic (exact) mass is 274 g/mol. The molecule has 1 fully saturated rings. The highest BCUT2D eigenvalue weighted by molar-refractivity contribution is 8.00. The summed E-state index contributed by atoms with van der Waals surface area (Å²) in [5.74, 6) is 0. The highest BCUT2D eigenvalue weighted by Crippen LogP contribution is 2.39. The molecule has 1 aliphatic rings. The van der Waals surface area contributed by atoms with E-state index in [1.807, 2.05) is 30.0 Å². The molecule has 0 aliphatic heterocycles. The number of hydrogen-bond donors (Lipinski definition) is 1. The number of hydrogen-bond acceptors (Lipinski definition) is 3. The first kappa shape index (κ1) is 14.4. The molecule has 1 aliphatic carbocycles. The molecule has 0 aromatic heterocycles. The van der Waals surface area contributed by atoms with Gasteiger partial charge in [-0.15, -0.1) is 0 Å². The van der Waals surface area contributed by atoms with Gasteiger partial charge in [0.25, 0.3) is 0 Å². The van der Waals surface area contributed by atoms with Gasteiger partial charge in [0, 0.05) is 17.3 Å². The summed E-state index contributed by atoms with van der Waals surface area (Å²) in [7, 11) is 0. The minimum atomic E-state index is 0.304. The third-order valence-electron chi connectivity index (χ3n) is 4.19. The summed E-state index contributed by atoms with van der Waals surface area (Å²) in [6.45, 7) is 3.24. The highest BCUT2D eigenvalue weighted by Gasteiger charge is 2.32. The lowest BCUT2D eigenvalue weighted by atomic mass is 10.0. The van der Waals surface area contributed by atoms with Crippen molar-refractivity contribution in [3.05, 3.63) is 35.4 Å². The average Bonchev–Trinajstić information content (AvgIpc) is 2.94. The van der Waals surface area contributed by atoms with Crippen LogP contribution in [0.15, 0.2) is 24.3 Å². The summed E-state index contributed by atoms with van der Waals surface area (Å²) in [6.07, 6.45) is 7.61. The van der Waals surface area contributed by atoms with E-state index in [0.29, 0.717) is 10.8 Å². The van der Waals surface area contributed by atoms with Crippen LogP contribution in [0, 0.1) is 11.3 Å². The van der Waals surface area contributed by atoms with E-state index in [-0.39, 0.29) is 0 Å². The Morgan fingerprint density at radius 2 is 2.16 bits per heavy atom. The SMILES string of the molecule is CSC1(CNC(C)c2cccc(C#N)c2)CCCC1. The van der Waals surface area contributed by atoms with Gasteiger partial charge in [-0.05, 0) is 43.7 Å². The molecule has 102 valence electrons. The molecular weight excluding hydrogens is 252 g/mol. The van der Waals surface area contributed by atoms with Crippen molar-refractivity contribution in [2.75, 3.05) is 12.8 Å². The summed E-state index contributed by atoms with van der Waals surface area (Å²) in [5.41, 5.74) is 1.94. The molecule has 19 heavy (non-hydrogen) atoms. The molecule has 1 N–H and O–H groups in total. The fourth-order valence-electron chi connectivity index (χ4n) is 2.81. The Balaban J connectivity index is 1.97. The van der Waals surface area contributed by atoms with Crippen molar-refractivity contribution in [3.8, 4) is 6.07 Å². The Labute approximate surface area is 120 Å². The maximum Gasteiger partial charge on any atom is 0.0991 e. The molecule has 1 aromatic carbocycles. The lowest BCUT2D eigenvalue weighted by Crippen LogP contribution is -2.36. The lowest BCUT2D eigenvalue weighted by molar-refractivity contribution is 0.486. The first-order valence-electron chi connectivity index (χ1n) is 6.98. The van der Waals surface area contributed by atoms with Gasteiger partial charge < -0.3 is 5.32 Å². The minimum absolute atomic E-state index is 0.304. The minimum Gasteiger partial charge on any atom is -0.309 e. The van der Waals surface area contributed by atoms with Crippen LogP contribution in [-0.4, -0.2) is 17.5 Å². The van der Waals surface area contributed by atoms with Gasteiger partial charge in [0.15, 0.2) is 0 Å². The van der Waals surface area contributed by atoms with E-state index in [1.54, 1.807) is 0 Å². The Kier molecular flexibility index (Phi) is 4.90. The molecule has 0 amide bonds. The van der Waals surface area contributed by atoms with Gasteiger partial charge in [0.1, 0.15) is 0 Å². The maximum absolute atomic E-state index is 8.95. The molecule has 0 bridgehead atoms. The van der Waals surface area contributed by atoms with Crippen LogP contribution in [0.5, 0.6) is 0 Å². The second-order valence-electron chi connectivity index (χ2n) is 5.43. The second-order valence-corrected chi connectivity index (χ2v) is 6.71. The van der Waals surface area contributed by atoms with Crippen LogP contribution in [0.3, 0.4) is 0 Å². The van der Waals surface area contributed by atoms with Gasteiger partial charge in [-0.1, -0.05) is 25.0 Å². The number of nitrogens with one attached hydrogen (secondary N) is 1. The molecule has 0 spiro atoms. The number of rotatable bonds is 5. The van der Waals surface area contributed by atoms with E-state index in [1.165, 1.54) is 31.2 Å². The van der Waals surface area contributed by atoms with Crippen molar-refractivity contribution >= 4 is 11.8 Å². The summed E-state index contributed by atoms with van der Waals surface area (Å²) in [6, 6.07) is 10.4. The van der Waals surface area contributed by atoms with Gasteiger partial charge >= 0.3 is 0 Å². The zero-order chi connectivity index (χ0) is 13.7. The third kappa shape index (κ3) is 3.52. The van der Waals surface area contributed by atoms with E-state index in [4.69, 9.17) is 5.26 Å². The normalized spacial score (nSPS) is 19.0. The third-order valence-corrected chi connectivity index (χ3v) is 5.61. The molecule has 1 aromatic rings. The summed E-state index contributed by atoms with van der Waals surface area (Å²) >= 11 is 2.01. The zero-order valence-corrected chi connectivity index (χ0v) is 12.6. The summed E-state index contributed by atoms with van der Waals surface area (Å²) in [5, 5.41) is 12.6. The number of benzene rings is 1. The Morgan fingerprint density at radius 1 is 1.42 bits per heavy atom. The number of nitriles is 1. The van der Waals surface area contributed by atoms with E-state index >= 15 is 0 Å². The van der Waals surface area contributed by atoms with Crippen molar-refractivity contribution in [1.29, 1.82) is 5.26 Å². The van der Waals surface area contributed by atoms with Crippen LogP contribution in [0.2, 0.25) is 0 Å². The van der Waals surface area contributed by atoms with Crippen LogP contribution in [0.1, 0.15) is 49.8 Å². The smallest absolute Gasteiger partial charge is 0.0991 e. The summed E-state index contributed by atoms with van der Waals surface area (Å²) < 4.78 is 0.432. The van der Waals surface area contributed by atoms with E-state index in [2.05, 4.69) is 30.6 Å². The molecular formula is C16H22N2S. The molecule has 0 saturated heterocycles. The van der Waals surface area contributed by atoms with Gasteiger partial charge in [0.2, 0.25) is 0 Å². The van der Waals surface area contributed by atoms with Crippen LogP contribution in [-0.2, 0) is 0 Å². The highest BCUT2D eigenvalue weighted by atomic mass is 32.2. The van der Waals surface area contributed by atoms with Gasteiger partial charge in [0.05, 0.1) is 11.6 Å². The molecule has 0 heterocycles. The predicted octanol–water partition coefficient (Wildman–Crippen LogP) is 3.88. The molecule has 1 saturated carbocycles. The fraction of sp³-hybridized carbons (Fsp3) is 0.562. The first-order chi connectivity index (χ1) is 9.19. The predicted molar refractivity (Wildman–Crippen MR) is 82.3 cm³/mol. The van der Waals surface area contributed by atoms with Crippen LogP contribution in [0.25, 0.3) is 0 Å². The van der Waals surface area contributed by atoms with Gasteiger partial charge in [-0.3, -0.25) is 0 Å². The number of nitrogens with zero attached hydrogens (tertiary/aromatic N) is 1. The average molecular weight is 274 g/mol. The Bertz CT molecular complexity index is 458. The molecule has 3 heteroatoms. The van der Waals surface area contributed by atoms with E-state index in [0.717, 1.165) is 12.1 Å². The van der Waals surface area contributed by atoms with Crippen LogP contribution >= 0.6 is 11.8 Å². The van der Waals surface area contributed by atoms with E-state index < -0.39 is 0 Å². The van der Waals surface area contributed by atoms with Gasteiger partial charge in [-0.2, -0.15) is 17.0 Å². The Morgan fingerprint density at radius 3 is 2.79 bits per heavy atom. The van der Waals surface area contributed by atoms with E-state index in [9.17, 15) is 0 Å². The quantitative estimate of drug-likeness (QED) is 0.885. The van der Waals surface area contributed by atoms with Crippen molar-refractivity contribution in [2.45, 2.75) is 43.4 Å². The molecule has 1 unspecified atom stereocenters. The largest absolute Gasteiger partial charge is 0.309 e. The molecule has 0 radical (unpaired) electrons. The lowest BCUT2D eigenvalue weighted by Gasteiger charge is -2.29. The molecule has 2 nitrogen and oxygen atoms in total. The number of thioether (sulfide) groups is 1. The first-order valence-corrected chi connectivity index (χ1v) is 8.20. The van der Waals surface area contributed by atoms with Gasteiger partial charge in [-0.25, -0.2) is 0 Å². The molecule has 2 rings (SSSR count). The standard InChI is InChI=1S/C16H22N2S/c1-13(15-7-5-6-14(10-15)11-17)18-12-16(19-2)8-3-4-9-16/h5-7,10,13,18H,3-4,8-9,12H2,1-2H3. The summed E-state index contributed by atoms with van der Waals surface area (Å²) in [4.78, 5) is 0.